The van der Waals surface area contributed by atoms with Crippen molar-refractivity contribution in [1.82, 2.24) is 4.98 Å². The fourth-order valence-electron chi connectivity index (χ4n) is 3.23. The number of aliphatic carboxylic acids is 1. The second-order valence-electron chi connectivity index (χ2n) is 6.95. The van der Waals surface area contributed by atoms with Gasteiger partial charge in [0.2, 0.25) is 5.89 Å². The molecule has 0 saturated heterocycles. The number of carboxylic acids is 1. The van der Waals surface area contributed by atoms with Crippen LogP contribution in [-0.2, 0) is 22.4 Å². The highest BCUT2D eigenvalue weighted by Crippen LogP contribution is 2.27. The van der Waals surface area contributed by atoms with Crippen LogP contribution in [0.25, 0.3) is 11.5 Å². The van der Waals surface area contributed by atoms with Gasteiger partial charge in [0.15, 0.2) is 6.10 Å². The van der Waals surface area contributed by atoms with Gasteiger partial charge in [-0.3, -0.25) is 0 Å². The number of benzene rings is 2. The Morgan fingerprint density at radius 1 is 1.19 bits per heavy atom. The monoisotopic (exact) mass is 425 g/mol. The summed E-state index contributed by atoms with van der Waals surface area (Å²) in [7, 11) is 1.54. The number of aromatic nitrogens is 1. The van der Waals surface area contributed by atoms with Gasteiger partial charge in [0.25, 0.3) is 0 Å². The van der Waals surface area contributed by atoms with Gasteiger partial charge >= 0.3 is 5.97 Å². The molecule has 0 amide bonds. The number of methoxy groups -OCH3 is 1. The van der Waals surface area contributed by atoms with E-state index in [9.17, 15) is 9.90 Å². The van der Waals surface area contributed by atoms with Crippen LogP contribution >= 0.6 is 0 Å². The zero-order valence-corrected chi connectivity index (χ0v) is 18.0. The maximum absolute atomic E-state index is 11.4. The Bertz CT molecular complexity index is 999. The minimum absolute atomic E-state index is 0.215. The van der Waals surface area contributed by atoms with Crippen molar-refractivity contribution in [3.63, 3.8) is 0 Å². The van der Waals surface area contributed by atoms with Crippen LogP contribution < -0.4 is 9.47 Å². The molecule has 2 aromatic carbocycles. The first kappa shape index (κ1) is 22.4. The van der Waals surface area contributed by atoms with E-state index in [-0.39, 0.29) is 6.42 Å². The summed E-state index contributed by atoms with van der Waals surface area (Å²) in [6.07, 6.45) is -0.107. The second kappa shape index (κ2) is 10.6. The molecular formula is C24H27NO6. The number of nitrogens with zero attached hydrogens (tertiary/aromatic N) is 1. The molecule has 31 heavy (non-hydrogen) atoms. The van der Waals surface area contributed by atoms with Crippen molar-refractivity contribution < 1.29 is 28.5 Å². The average Bonchev–Trinajstić information content (AvgIpc) is 3.15. The van der Waals surface area contributed by atoms with Crippen LogP contribution in [0.3, 0.4) is 0 Å². The lowest BCUT2D eigenvalue weighted by molar-refractivity contribution is -0.149. The quantitative estimate of drug-likeness (QED) is 0.489. The van der Waals surface area contributed by atoms with Crippen LogP contribution in [0.15, 0.2) is 52.9 Å². The summed E-state index contributed by atoms with van der Waals surface area (Å²) in [5, 5.41) is 9.30. The molecule has 1 N–H and O–H groups in total. The van der Waals surface area contributed by atoms with Crippen molar-refractivity contribution in [2.75, 3.05) is 20.3 Å². The molecule has 3 rings (SSSR count). The third-order valence-corrected chi connectivity index (χ3v) is 4.83. The van der Waals surface area contributed by atoms with Gasteiger partial charge < -0.3 is 23.7 Å². The molecule has 3 aromatic rings. The highest BCUT2D eigenvalue weighted by molar-refractivity contribution is 5.73. The van der Waals surface area contributed by atoms with Gasteiger partial charge in [-0.1, -0.05) is 24.3 Å². The Hall–Kier alpha value is -3.32. The van der Waals surface area contributed by atoms with Gasteiger partial charge in [0.1, 0.15) is 17.3 Å². The topological polar surface area (TPSA) is 91.0 Å². The zero-order valence-electron chi connectivity index (χ0n) is 18.0. The lowest BCUT2D eigenvalue weighted by Gasteiger charge is -2.16. The van der Waals surface area contributed by atoms with Crippen molar-refractivity contribution >= 4 is 5.97 Å². The molecule has 0 unspecified atom stereocenters. The first-order valence-electron chi connectivity index (χ1n) is 10.2. The molecule has 0 aliphatic rings. The van der Waals surface area contributed by atoms with Gasteiger partial charge in [0.05, 0.1) is 19.4 Å². The SMILES string of the molecule is CCO[C@@H](Cc1ccc(OCCc2nc(-c3ccccc3)oc2C)cc1OC)C(=O)O. The number of rotatable bonds is 11. The van der Waals surface area contributed by atoms with Crippen LogP contribution in [0.2, 0.25) is 0 Å². The third kappa shape index (κ3) is 5.86. The van der Waals surface area contributed by atoms with Gasteiger partial charge in [-0.25, -0.2) is 9.78 Å². The Kier molecular flexibility index (Phi) is 7.67. The Labute approximate surface area is 181 Å². The fourth-order valence-corrected chi connectivity index (χ4v) is 3.23. The molecule has 7 nitrogen and oxygen atoms in total. The zero-order chi connectivity index (χ0) is 22.2. The summed E-state index contributed by atoms with van der Waals surface area (Å²) in [5.74, 6) is 1.57. The number of ether oxygens (including phenoxy) is 3. The van der Waals surface area contributed by atoms with Crippen molar-refractivity contribution in [2.45, 2.75) is 32.8 Å². The molecule has 0 aliphatic heterocycles. The van der Waals surface area contributed by atoms with Crippen molar-refractivity contribution in [1.29, 1.82) is 0 Å². The summed E-state index contributed by atoms with van der Waals surface area (Å²) in [4.78, 5) is 15.9. The largest absolute Gasteiger partial charge is 0.496 e. The predicted molar refractivity (Wildman–Crippen MR) is 116 cm³/mol. The molecule has 0 spiro atoms. The van der Waals surface area contributed by atoms with E-state index in [2.05, 4.69) is 4.98 Å². The Morgan fingerprint density at radius 2 is 1.97 bits per heavy atom. The number of carboxylic acid groups (broad SMARTS) is 1. The number of carbonyl (C=O) groups is 1. The van der Waals surface area contributed by atoms with Crippen LogP contribution in [0, 0.1) is 6.92 Å². The average molecular weight is 425 g/mol. The van der Waals surface area contributed by atoms with Crippen molar-refractivity contribution in [3.05, 3.63) is 65.5 Å². The standard InChI is InChI=1S/C24H27NO6/c1-4-29-22(24(26)27)14-18-10-11-19(15-21(18)28-3)30-13-12-20-16(2)31-23(25-20)17-8-6-5-7-9-17/h5-11,15,22H,4,12-14H2,1-3H3,(H,26,27)/t22-/m0/s1. The molecule has 0 bridgehead atoms. The van der Waals surface area contributed by atoms with E-state index in [1.807, 2.05) is 37.3 Å². The van der Waals surface area contributed by atoms with Crippen LogP contribution in [0.1, 0.15) is 23.9 Å². The molecule has 0 aliphatic carbocycles. The van der Waals surface area contributed by atoms with Crippen LogP contribution in [-0.4, -0.2) is 42.5 Å². The van der Waals surface area contributed by atoms with Crippen molar-refractivity contribution in [3.8, 4) is 23.0 Å². The number of oxazole rings is 1. The van der Waals surface area contributed by atoms with Gasteiger partial charge in [0, 0.05) is 31.1 Å². The molecular weight excluding hydrogens is 398 g/mol. The molecule has 0 fully saturated rings. The number of hydrogen-bond donors (Lipinski definition) is 1. The molecule has 1 atom stereocenters. The van der Waals surface area contributed by atoms with Crippen molar-refractivity contribution in [2.24, 2.45) is 0 Å². The lowest BCUT2D eigenvalue weighted by Crippen LogP contribution is -2.26. The van der Waals surface area contributed by atoms with E-state index in [1.165, 1.54) is 0 Å². The van der Waals surface area contributed by atoms with Crippen LogP contribution in [0.5, 0.6) is 11.5 Å². The normalized spacial score (nSPS) is 11.8. The van der Waals surface area contributed by atoms with E-state index in [4.69, 9.17) is 18.6 Å². The first-order chi connectivity index (χ1) is 15.0. The van der Waals surface area contributed by atoms with E-state index in [0.29, 0.717) is 37.0 Å². The highest BCUT2D eigenvalue weighted by Gasteiger charge is 2.20. The molecule has 1 aromatic heterocycles. The van der Waals surface area contributed by atoms with Gasteiger partial charge in [-0.2, -0.15) is 0 Å². The number of hydrogen-bond acceptors (Lipinski definition) is 6. The first-order valence-corrected chi connectivity index (χ1v) is 10.2. The predicted octanol–water partition coefficient (Wildman–Crippen LogP) is 4.31. The summed E-state index contributed by atoms with van der Waals surface area (Å²) in [5.41, 5.74) is 2.53. The minimum atomic E-state index is -0.998. The summed E-state index contributed by atoms with van der Waals surface area (Å²) < 4.78 is 22.4. The fraction of sp³-hybridized carbons (Fsp3) is 0.333. The molecule has 164 valence electrons. The smallest absolute Gasteiger partial charge is 0.333 e. The molecule has 7 heteroatoms. The summed E-state index contributed by atoms with van der Waals surface area (Å²) in [6.45, 7) is 4.40. The van der Waals surface area contributed by atoms with Gasteiger partial charge in [-0.15, -0.1) is 0 Å². The van der Waals surface area contributed by atoms with E-state index >= 15 is 0 Å². The van der Waals surface area contributed by atoms with E-state index in [1.54, 1.807) is 32.2 Å². The molecule has 0 radical (unpaired) electrons. The molecule has 1 heterocycles. The van der Waals surface area contributed by atoms with E-state index in [0.717, 1.165) is 22.6 Å². The Morgan fingerprint density at radius 3 is 2.65 bits per heavy atom. The summed E-state index contributed by atoms with van der Waals surface area (Å²) in [6, 6.07) is 15.1. The Balaban J connectivity index is 1.62. The maximum Gasteiger partial charge on any atom is 0.333 e. The highest BCUT2D eigenvalue weighted by atomic mass is 16.5. The van der Waals surface area contributed by atoms with Gasteiger partial charge in [-0.05, 0) is 37.6 Å². The lowest BCUT2D eigenvalue weighted by atomic mass is 10.1. The maximum atomic E-state index is 11.4. The molecule has 0 saturated carbocycles. The second-order valence-corrected chi connectivity index (χ2v) is 6.95. The van der Waals surface area contributed by atoms with E-state index < -0.39 is 12.1 Å². The number of aryl methyl sites for hydroxylation is 1. The minimum Gasteiger partial charge on any atom is -0.496 e. The third-order valence-electron chi connectivity index (χ3n) is 4.83. The summed E-state index contributed by atoms with van der Waals surface area (Å²) >= 11 is 0. The van der Waals surface area contributed by atoms with Crippen LogP contribution in [0.4, 0.5) is 0 Å².